The van der Waals surface area contributed by atoms with Gasteiger partial charge in [0.2, 0.25) is 5.91 Å². The van der Waals surface area contributed by atoms with Crippen molar-refractivity contribution in [2.75, 3.05) is 5.32 Å². The summed E-state index contributed by atoms with van der Waals surface area (Å²) in [7, 11) is 0. The number of anilines is 1. The van der Waals surface area contributed by atoms with Crippen LogP contribution in [0.15, 0.2) is 51.4 Å². The summed E-state index contributed by atoms with van der Waals surface area (Å²) in [6.07, 6.45) is -0.0559. The van der Waals surface area contributed by atoms with Crippen molar-refractivity contribution in [2.24, 2.45) is 0 Å². The normalized spacial score (nSPS) is 10.2. The Morgan fingerprint density at radius 2 is 1.90 bits per heavy atom. The van der Waals surface area contributed by atoms with Gasteiger partial charge in [-0.1, -0.05) is 34.1 Å². The van der Waals surface area contributed by atoms with Crippen LogP contribution in [0.3, 0.4) is 0 Å². The first-order valence-corrected chi connectivity index (χ1v) is 7.53. The maximum atomic E-state index is 12.0. The number of nitro groups is 1. The quantitative estimate of drug-likeness (QED) is 0.599. The topological polar surface area (TPSA) is 72.2 Å². The van der Waals surface area contributed by atoms with E-state index in [0.717, 1.165) is 8.95 Å². The zero-order valence-electron chi connectivity index (χ0n) is 10.7. The highest BCUT2D eigenvalue weighted by molar-refractivity contribution is 9.11. The number of hydrogen-bond acceptors (Lipinski definition) is 3. The summed E-state index contributed by atoms with van der Waals surface area (Å²) in [6.45, 7) is 0. The lowest BCUT2D eigenvalue weighted by Gasteiger charge is -2.08. The molecule has 0 spiro atoms. The Bertz CT molecular complexity index is 704. The average Bonchev–Trinajstić information content (AvgIpc) is 2.42. The van der Waals surface area contributed by atoms with Crippen LogP contribution in [0.4, 0.5) is 11.4 Å². The molecular weight excluding hydrogens is 404 g/mol. The molecule has 0 aliphatic carbocycles. The lowest BCUT2D eigenvalue weighted by molar-refractivity contribution is -0.385. The fourth-order valence-electron chi connectivity index (χ4n) is 1.80. The van der Waals surface area contributed by atoms with Gasteiger partial charge in [0.15, 0.2) is 0 Å². The van der Waals surface area contributed by atoms with Gasteiger partial charge >= 0.3 is 0 Å². The van der Waals surface area contributed by atoms with Crippen LogP contribution in [0.25, 0.3) is 0 Å². The van der Waals surface area contributed by atoms with E-state index >= 15 is 0 Å². The van der Waals surface area contributed by atoms with Crippen LogP contribution in [0.2, 0.25) is 0 Å². The summed E-state index contributed by atoms with van der Waals surface area (Å²) in [6, 6.07) is 11.6. The van der Waals surface area contributed by atoms with Crippen LogP contribution in [-0.4, -0.2) is 10.8 Å². The van der Waals surface area contributed by atoms with Crippen molar-refractivity contribution in [2.45, 2.75) is 6.42 Å². The Hall–Kier alpha value is -1.73. The van der Waals surface area contributed by atoms with Gasteiger partial charge in [0.25, 0.3) is 5.69 Å². The van der Waals surface area contributed by atoms with Gasteiger partial charge in [0.1, 0.15) is 0 Å². The minimum atomic E-state index is -0.488. The molecule has 7 heteroatoms. The van der Waals surface area contributed by atoms with Crippen molar-refractivity contribution in [3.8, 4) is 0 Å². The standard InChI is InChI=1S/C14H10Br2N2O3/c15-10-5-6-12(11(16)8-10)17-14(19)7-9-3-1-2-4-13(9)18(20)21/h1-6,8H,7H2,(H,17,19). The number of nitrogens with one attached hydrogen (secondary N) is 1. The monoisotopic (exact) mass is 412 g/mol. The lowest BCUT2D eigenvalue weighted by Crippen LogP contribution is -2.15. The molecule has 0 atom stereocenters. The van der Waals surface area contributed by atoms with E-state index in [1.54, 1.807) is 36.4 Å². The maximum Gasteiger partial charge on any atom is 0.273 e. The highest BCUT2D eigenvalue weighted by Crippen LogP contribution is 2.26. The second-order valence-corrected chi connectivity index (χ2v) is 6.00. The Morgan fingerprint density at radius 3 is 2.57 bits per heavy atom. The molecular formula is C14H10Br2N2O3. The SMILES string of the molecule is O=C(Cc1ccccc1[N+](=O)[O-])Nc1ccc(Br)cc1Br. The number of benzene rings is 2. The number of para-hydroxylation sites is 1. The van der Waals surface area contributed by atoms with Crippen molar-refractivity contribution in [3.05, 3.63) is 67.1 Å². The van der Waals surface area contributed by atoms with Crippen molar-refractivity contribution in [1.82, 2.24) is 0 Å². The molecule has 0 bridgehead atoms. The summed E-state index contributed by atoms with van der Waals surface area (Å²) < 4.78 is 1.61. The molecule has 0 saturated carbocycles. The molecule has 0 radical (unpaired) electrons. The Morgan fingerprint density at radius 1 is 1.19 bits per heavy atom. The van der Waals surface area contributed by atoms with Crippen LogP contribution in [0, 0.1) is 10.1 Å². The van der Waals surface area contributed by atoms with E-state index in [9.17, 15) is 14.9 Å². The van der Waals surface area contributed by atoms with Crippen molar-refractivity contribution >= 4 is 49.1 Å². The molecule has 0 aliphatic heterocycles. The van der Waals surface area contributed by atoms with E-state index in [2.05, 4.69) is 37.2 Å². The number of nitrogens with zero attached hydrogens (tertiary/aromatic N) is 1. The zero-order chi connectivity index (χ0) is 15.4. The summed E-state index contributed by atoms with van der Waals surface area (Å²) >= 11 is 6.67. The predicted molar refractivity (Wildman–Crippen MR) is 87.3 cm³/mol. The molecule has 0 fully saturated rings. The molecule has 1 amide bonds. The fourth-order valence-corrected chi connectivity index (χ4v) is 2.94. The molecule has 0 unspecified atom stereocenters. The van der Waals surface area contributed by atoms with Gasteiger partial charge in [-0.3, -0.25) is 14.9 Å². The molecule has 1 N–H and O–H groups in total. The van der Waals surface area contributed by atoms with Crippen molar-refractivity contribution < 1.29 is 9.72 Å². The lowest BCUT2D eigenvalue weighted by atomic mass is 10.1. The van der Waals surface area contributed by atoms with Gasteiger partial charge in [0.05, 0.1) is 17.0 Å². The van der Waals surface area contributed by atoms with E-state index < -0.39 is 4.92 Å². The number of carbonyl (C=O) groups is 1. The van der Waals surface area contributed by atoms with E-state index in [0.29, 0.717) is 11.3 Å². The largest absolute Gasteiger partial charge is 0.325 e. The summed E-state index contributed by atoms with van der Waals surface area (Å²) in [5.41, 5.74) is 0.942. The number of amides is 1. The number of rotatable bonds is 4. The van der Waals surface area contributed by atoms with Crippen LogP contribution in [0.1, 0.15) is 5.56 Å². The van der Waals surface area contributed by atoms with Crippen LogP contribution >= 0.6 is 31.9 Å². The minimum absolute atomic E-state index is 0.0532. The van der Waals surface area contributed by atoms with E-state index in [1.165, 1.54) is 6.07 Å². The zero-order valence-corrected chi connectivity index (χ0v) is 13.8. The van der Waals surface area contributed by atoms with Gasteiger partial charge in [-0.2, -0.15) is 0 Å². The summed E-state index contributed by atoms with van der Waals surface area (Å²) in [4.78, 5) is 22.5. The third kappa shape index (κ3) is 4.12. The third-order valence-electron chi connectivity index (χ3n) is 2.74. The number of nitro benzene ring substituents is 1. The van der Waals surface area contributed by atoms with Crippen molar-refractivity contribution in [1.29, 1.82) is 0 Å². The molecule has 2 aromatic rings. The molecule has 21 heavy (non-hydrogen) atoms. The first-order chi connectivity index (χ1) is 9.97. The smallest absolute Gasteiger partial charge is 0.273 e. The molecule has 0 heterocycles. The predicted octanol–water partition coefficient (Wildman–Crippen LogP) is 4.30. The number of carbonyl (C=O) groups excluding carboxylic acids is 1. The van der Waals surface area contributed by atoms with E-state index in [-0.39, 0.29) is 18.0 Å². The Balaban J connectivity index is 2.14. The second-order valence-electron chi connectivity index (χ2n) is 4.23. The molecule has 0 saturated heterocycles. The highest BCUT2D eigenvalue weighted by Gasteiger charge is 2.16. The highest BCUT2D eigenvalue weighted by atomic mass is 79.9. The molecule has 5 nitrogen and oxygen atoms in total. The number of halogens is 2. The Labute approximate surface area is 137 Å². The van der Waals surface area contributed by atoms with Crippen LogP contribution in [-0.2, 0) is 11.2 Å². The molecule has 108 valence electrons. The van der Waals surface area contributed by atoms with E-state index in [4.69, 9.17) is 0 Å². The first-order valence-electron chi connectivity index (χ1n) is 5.94. The number of hydrogen-bond donors (Lipinski definition) is 1. The average molecular weight is 414 g/mol. The molecule has 2 rings (SSSR count). The molecule has 2 aromatic carbocycles. The first kappa shape index (κ1) is 15.7. The van der Waals surface area contributed by atoms with Gasteiger partial charge in [-0.15, -0.1) is 0 Å². The third-order valence-corrected chi connectivity index (χ3v) is 3.89. The van der Waals surface area contributed by atoms with Gasteiger partial charge in [0, 0.05) is 20.6 Å². The maximum absolute atomic E-state index is 12.0. The summed E-state index contributed by atoms with van der Waals surface area (Å²) in [5, 5.41) is 13.6. The fraction of sp³-hybridized carbons (Fsp3) is 0.0714. The molecule has 0 aliphatic rings. The summed E-state index contributed by atoms with van der Waals surface area (Å²) in [5.74, 6) is -0.313. The van der Waals surface area contributed by atoms with Gasteiger partial charge in [-0.05, 0) is 34.1 Å². The van der Waals surface area contributed by atoms with Crippen molar-refractivity contribution in [3.63, 3.8) is 0 Å². The van der Waals surface area contributed by atoms with Crippen LogP contribution < -0.4 is 5.32 Å². The molecule has 0 aromatic heterocycles. The van der Waals surface area contributed by atoms with Crippen LogP contribution in [0.5, 0.6) is 0 Å². The van der Waals surface area contributed by atoms with E-state index in [1.807, 2.05) is 0 Å². The Kier molecular flexibility index (Phi) is 5.08. The van der Waals surface area contributed by atoms with Gasteiger partial charge < -0.3 is 5.32 Å². The van der Waals surface area contributed by atoms with Gasteiger partial charge in [-0.25, -0.2) is 0 Å². The minimum Gasteiger partial charge on any atom is -0.325 e. The second kappa shape index (κ2) is 6.82.